The Kier molecular flexibility index (Phi) is 4.11. The van der Waals surface area contributed by atoms with Crippen molar-refractivity contribution in [2.75, 3.05) is 14.1 Å². The summed E-state index contributed by atoms with van der Waals surface area (Å²) in [5.41, 5.74) is 1.13. The molecule has 0 N–H and O–H groups in total. The summed E-state index contributed by atoms with van der Waals surface area (Å²) in [5, 5.41) is -0.307. The van der Waals surface area contributed by atoms with E-state index in [1.165, 1.54) is 0 Å². The Balaban J connectivity index is 2.70. The Bertz CT molecular complexity index is 297. The SMILES string of the molecule is CN(C)[C@@H](Cc1ccccc1)C(=O)Cl. The smallest absolute Gasteiger partial charge is 0.239 e. The number of carbonyl (C=O) groups excluding carboxylic acids is 1. The van der Waals surface area contributed by atoms with E-state index in [1.807, 2.05) is 49.3 Å². The lowest BCUT2D eigenvalue weighted by molar-refractivity contribution is -0.115. The summed E-state index contributed by atoms with van der Waals surface area (Å²) in [4.78, 5) is 12.9. The van der Waals surface area contributed by atoms with Crippen molar-refractivity contribution in [2.24, 2.45) is 0 Å². The molecule has 3 heteroatoms. The molecule has 1 rings (SSSR count). The van der Waals surface area contributed by atoms with Crippen molar-refractivity contribution in [3.8, 4) is 0 Å². The van der Waals surface area contributed by atoms with Crippen LogP contribution in [0.25, 0.3) is 0 Å². The van der Waals surface area contributed by atoms with Crippen molar-refractivity contribution in [2.45, 2.75) is 12.5 Å². The predicted molar refractivity (Wildman–Crippen MR) is 58.5 cm³/mol. The van der Waals surface area contributed by atoms with Gasteiger partial charge in [0.15, 0.2) is 0 Å². The molecule has 1 atom stereocenters. The highest BCUT2D eigenvalue weighted by atomic mass is 35.5. The molecular formula is C11H14ClNO. The third kappa shape index (κ3) is 3.13. The molecule has 0 aromatic heterocycles. The molecule has 0 unspecified atom stereocenters. The van der Waals surface area contributed by atoms with Crippen molar-refractivity contribution in [1.82, 2.24) is 4.90 Å². The molecule has 0 saturated carbocycles. The van der Waals surface area contributed by atoms with Crippen LogP contribution in [0.4, 0.5) is 0 Å². The lowest BCUT2D eigenvalue weighted by Gasteiger charge is -2.20. The zero-order valence-corrected chi connectivity index (χ0v) is 9.16. The molecule has 1 aromatic rings. The van der Waals surface area contributed by atoms with Crippen LogP contribution in [0.2, 0.25) is 0 Å². The van der Waals surface area contributed by atoms with E-state index in [0.29, 0.717) is 6.42 Å². The normalized spacial score (nSPS) is 12.9. The van der Waals surface area contributed by atoms with Gasteiger partial charge in [-0.05, 0) is 37.7 Å². The van der Waals surface area contributed by atoms with E-state index in [0.717, 1.165) is 5.56 Å². The number of benzene rings is 1. The first-order valence-electron chi connectivity index (χ1n) is 4.51. The number of hydrogen-bond donors (Lipinski definition) is 0. The molecule has 14 heavy (non-hydrogen) atoms. The van der Waals surface area contributed by atoms with E-state index in [2.05, 4.69) is 0 Å². The van der Waals surface area contributed by atoms with Crippen molar-refractivity contribution < 1.29 is 4.79 Å². The number of rotatable bonds is 4. The third-order valence-corrected chi connectivity index (χ3v) is 2.41. The molecule has 0 aliphatic heterocycles. The average molecular weight is 212 g/mol. The Morgan fingerprint density at radius 1 is 1.36 bits per heavy atom. The largest absolute Gasteiger partial charge is 0.298 e. The average Bonchev–Trinajstić information content (AvgIpc) is 2.15. The minimum atomic E-state index is -0.307. The number of nitrogens with zero attached hydrogens (tertiary/aromatic N) is 1. The van der Waals surface area contributed by atoms with E-state index in [-0.39, 0.29) is 11.3 Å². The molecule has 2 nitrogen and oxygen atoms in total. The second kappa shape index (κ2) is 5.13. The zero-order chi connectivity index (χ0) is 10.6. The van der Waals surface area contributed by atoms with Crippen LogP contribution in [0.1, 0.15) is 5.56 Å². The molecule has 0 heterocycles. The van der Waals surface area contributed by atoms with Gasteiger partial charge in [-0.25, -0.2) is 0 Å². The fourth-order valence-corrected chi connectivity index (χ4v) is 1.58. The van der Waals surface area contributed by atoms with Crippen LogP contribution in [-0.2, 0) is 11.2 Å². The monoisotopic (exact) mass is 211 g/mol. The van der Waals surface area contributed by atoms with Crippen LogP contribution in [0, 0.1) is 0 Å². The Morgan fingerprint density at radius 3 is 2.36 bits per heavy atom. The van der Waals surface area contributed by atoms with Crippen LogP contribution in [-0.4, -0.2) is 30.3 Å². The molecule has 0 aliphatic carbocycles. The highest BCUT2D eigenvalue weighted by Gasteiger charge is 2.18. The fourth-order valence-electron chi connectivity index (χ4n) is 1.30. The summed E-state index contributed by atoms with van der Waals surface area (Å²) in [6, 6.07) is 9.63. The Hall–Kier alpha value is -0.860. The second-order valence-electron chi connectivity index (χ2n) is 3.47. The van der Waals surface area contributed by atoms with E-state index in [1.54, 1.807) is 0 Å². The maximum atomic E-state index is 11.1. The van der Waals surface area contributed by atoms with Crippen LogP contribution >= 0.6 is 11.6 Å². The van der Waals surface area contributed by atoms with Gasteiger partial charge in [0.2, 0.25) is 5.24 Å². The predicted octanol–water partition coefficient (Wildman–Crippen LogP) is 1.92. The molecule has 0 aliphatic rings. The summed E-state index contributed by atoms with van der Waals surface area (Å²) in [6.45, 7) is 0. The first-order chi connectivity index (χ1) is 6.61. The molecule has 76 valence electrons. The minimum absolute atomic E-state index is 0.237. The highest BCUT2D eigenvalue weighted by Crippen LogP contribution is 2.08. The molecule has 0 fully saturated rings. The summed E-state index contributed by atoms with van der Waals surface area (Å²) in [5.74, 6) is 0. The lowest BCUT2D eigenvalue weighted by Crippen LogP contribution is -2.35. The molecular weight excluding hydrogens is 198 g/mol. The van der Waals surface area contributed by atoms with E-state index >= 15 is 0 Å². The Morgan fingerprint density at radius 2 is 1.93 bits per heavy atom. The summed E-state index contributed by atoms with van der Waals surface area (Å²) >= 11 is 5.51. The van der Waals surface area contributed by atoms with E-state index in [4.69, 9.17) is 11.6 Å². The molecule has 0 saturated heterocycles. The minimum Gasteiger partial charge on any atom is -0.298 e. The van der Waals surface area contributed by atoms with Crippen molar-refractivity contribution in [3.63, 3.8) is 0 Å². The van der Waals surface area contributed by atoms with Crippen LogP contribution in [0.3, 0.4) is 0 Å². The Labute approximate surface area is 89.5 Å². The maximum absolute atomic E-state index is 11.1. The van der Waals surface area contributed by atoms with Crippen molar-refractivity contribution >= 4 is 16.8 Å². The molecule has 0 amide bonds. The van der Waals surface area contributed by atoms with Gasteiger partial charge in [-0.15, -0.1) is 0 Å². The summed E-state index contributed by atoms with van der Waals surface area (Å²) < 4.78 is 0. The number of likely N-dealkylation sites (N-methyl/N-ethyl adjacent to an activating group) is 1. The highest BCUT2D eigenvalue weighted by molar-refractivity contribution is 6.64. The topological polar surface area (TPSA) is 20.3 Å². The van der Waals surface area contributed by atoms with Gasteiger partial charge in [0, 0.05) is 0 Å². The number of carbonyl (C=O) groups is 1. The van der Waals surface area contributed by atoms with Gasteiger partial charge in [-0.3, -0.25) is 9.69 Å². The maximum Gasteiger partial charge on any atom is 0.239 e. The molecule has 0 bridgehead atoms. The zero-order valence-electron chi connectivity index (χ0n) is 8.40. The quantitative estimate of drug-likeness (QED) is 0.710. The van der Waals surface area contributed by atoms with Gasteiger partial charge in [0.1, 0.15) is 0 Å². The van der Waals surface area contributed by atoms with Crippen LogP contribution in [0.5, 0.6) is 0 Å². The van der Waals surface area contributed by atoms with Gasteiger partial charge in [-0.1, -0.05) is 30.3 Å². The fraction of sp³-hybridized carbons (Fsp3) is 0.364. The molecule has 0 radical (unpaired) electrons. The second-order valence-corrected chi connectivity index (χ2v) is 3.85. The van der Waals surface area contributed by atoms with Gasteiger partial charge in [0.25, 0.3) is 0 Å². The van der Waals surface area contributed by atoms with Gasteiger partial charge < -0.3 is 0 Å². The number of hydrogen-bond acceptors (Lipinski definition) is 2. The van der Waals surface area contributed by atoms with Crippen molar-refractivity contribution in [1.29, 1.82) is 0 Å². The first kappa shape index (κ1) is 11.2. The first-order valence-corrected chi connectivity index (χ1v) is 4.88. The summed E-state index contributed by atoms with van der Waals surface area (Å²) in [7, 11) is 3.71. The molecule has 1 aromatic carbocycles. The standard InChI is InChI=1S/C11H14ClNO/c1-13(2)10(11(12)14)8-9-6-4-3-5-7-9/h3-7,10H,8H2,1-2H3/t10-/m0/s1. The number of halogens is 1. The van der Waals surface area contributed by atoms with Crippen LogP contribution < -0.4 is 0 Å². The van der Waals surface area contributed by atoms with Crippen molar-refractivity contribution in [3.05, 3.63) is 35.9 Å². The molecule has 0 spiro atoms. The van der Waals surface area contributed by atoms with Gasteiger partial charge >= 0.3 is 0 Å². The van der Waals surface area contributed by atoms with E-state index < -0.39 is 0 Å². The third-order valence-electron chi connectivity index (χ3n) is 2.16. The lowest BCUT2D eigenvalue weighted by atomic mass is 10.1. The van der Waals surface area contributed by atoms with Gasteiger partial charge in [-0.2, -0.15) is 0 Å². The van der Waals surface area contributed by atoms with Crippen LogP contribution in [0.15, 0.2) is 30.3 Å². The van der Waals surface area contributed by atoms with E-state index in [9.17, 15) is 4.79 Å². The van der Waals surface area contributed by atoms with Gasteiger partial charge in [0.05, 0.1) is 6.04 Å². The summed E-state index contributed by atoms with van der Waals surface area (Å²) in [6.07, 6.45) is 0.663.